The van der Waals surface area contributed by atoms with Crippen LogP contribution in [-0.2, 0) is 6.54 Å². The van der Waals surface area contributed by atoms with Gasteiger partial charge in [-0.25, -0.2) is 4.99 Å². The lowest BCUT2D eigenvalue weighted by atomic mass is 10.2. The average Bonchev–Trinajstić information content (AvgIpc) is 2.80. The van der Waals surface area contributed by atoms with Gasteiger partial charge in [-0.1, -0.05) is 12.1 Å². The van der Waals surface area contributed by atoms with Crippen LogP contribution in [-0.4, -0.2) is 12.6 Å². The molecule has 0 bridgehead atoms. The number of aliphatic imine (C=N–C) groups is 1. The summed E-state index contributed by atoms with van der Waals surface area (Å²) in [5.74, 6) is 1.55. The first-order valence-corrected chi connectivity index (χ1v) is 5.16. The molecule has 6 nitrogen and oxygen atoms in total. The molecule has 0 amide bonds. The highest BCUT2D eigenvalue weighted by Gasteiger charge is 2.02. The molecule has 1 fully saturated rings. The van der Waals surface area contributed by atoms with E-state index in [4.69, 9.17) is 4.74 Å². The van der Waals surface area contributed by atoms with Crippen LogP contribution in [0.2, 0.25) is 0 Å². The van der Waals surface area contributed by atoms with Crippen molar-refractivity contribution in [1.29, 1.82) is 0 Å². The highest BCUT2D eigenvalue weighted by molar-refractivity contribution is 5.79. The zero-order valence-electron chi connectivity index (χ0n) is 9.08. The molecule has 0 saturated carbocycles. The van der Waals surface area contributed by atoms with Crippen LogP contribution in [0.3, 0.4) is 0 Å². The maximum atomic E-state index is 5.41. The van der Waals surface area contributed by atoms with Crippen molar-refractivity contribution in [2.45, 2.75) is 13.5 Å². The molecule has 6 heteroatoms. The molecule has 0 unspecified atom stereocenters. The van der Waals surface area contributed by atoms with E-state index in [-0.39, 0.29) is 0 Å². The summed E-state index contributed by atoms with van der Waals surface area (Å²) >= 11 is 0. The number of benzene rings is 1. The lowest BCUT2D eigenvalue weighted by Crippen LogP contribution is -2.33. The molecule has 86 valence electrons. The molecule has 0 aromatic heterocycles. The Kier molecular flexibility index (Phi) is 3.58. The van der Waals surface area contributed by atoms with E-state index in [1.165, 1.54) is 0 Å². The smallest absolute Gasteiger partial charge is 0.223 e. The number of nitrogens with zero attached hydrogens (tertiary/aromatic N) is 1. The molecule has 0 spiro atoms. The number of nitrogens with one attached hydrogen (secondary N) is 4. The number of hydrogen-bond acceptors (Lipinski definition) is 4. The van der Waals surface area contributed by atoms with Gasteiger partial charge < -0.3 is 4.74 Å². The van der Waals surface area contributed by atoms with Crippen LogP contribution in [0.5, 0.6) is 5.75 Å². The van der Waals surface area contributed by atoms with Gasteiger partial charge in [0.05, 0.1) is 13.2 Å². The Morgan fingerprint density at radius 1 is 1.25 bits per heavy atom. The van der Waals surface area contributed by atoms with Crippen molar-refractivity contribution < 1.29 is 4.74 Å². The Morgan fingerprint density at radius 3 is 2.81 bits per heavy atom. The van der Waals surface area contributed by atoms with Crippen molar-refractivity contribution in [1.82, 2.24) is 21.9 Å². The van der Waals surface area contributed by atoms with E-state index in [9.17, 15) is 0 Å². The molecule has 1 aliphatic rings. The first-order chi connectivity index (χ1) is 7.88. The molecule has 16 heavy (non-hydrogen) atoms. The quantitative estimate of drug-likeness (QED) is 0.579. The van der Waals surface area contributed by atoms with Crippen molar-refractivity contribution in [3.63, 3.8) is 0 Å². The molecule has 1 aromatic carbocycles. The zero-order chi connectivity index (χ0) is 11.2. The summed E-state index contributed by atoms with van der Waals surface area (Å²) in [4.78, 5) is 4.31. The molecule has 4 N–H and O–H groups in total. The summed E-state index contributed by atoms with van der Waals surface area (Å²) in [6.07, 6.45) is 0. The van der Waals surface area contributed by atoms with Crippen molar-refractivity contribution in [2.75, 3.05) is 6.61 Å². The molecule has 1 saturated heterocycles. The van der Waals surface area contributed by atoms with Gasteiger partial charge in [0.15, 0.2) is 0 Å². The number of guanidine groups is 1. The molecule has 0 aliphatic carbocycles. The van der Waals surface area contributed by atoms with Crippen LogP contribution in [0.25, 0.3) is 0 Å². The lowest BCUT2D eigenvalue weighted by Gasteiger charge is -2.04. The first-order valence-electron chi connectivity index (χ1n) is 5.16. The predicted molar refractivity (Wildman–Crippen MR) is 61.3 cm³/mol. The Bertz CT molecular complexity index is 371. The second-order valence-electron chi connectivity index (χ2n) is 3.25. The monoisotopic (exact) mass is 221 g/mol. The molecular weight excluding hydrogens is 206 g/mol. The summed E-state index contributed by atoms with van der Waals surface area (Å²) in [7, 11) is 0. The number of rotatable bonds is 4. The van der Waals surface area contributed by atoms with E-state index in [1.807, 2.05) is 31.2 Å². The summed E-state index contributed by atoms with van der Waals surface area (Å²) < 4.78 is 5.41. The number of hydrogen-bond donors (Lipinski definition) is 4. The van der Waals surface area contributed by atoms with Crippen molar-refractivity contribution in [3.05, 3.63) is 29.8 Å². The highest BCUT2D eigenvalue weighted by Crippen LogP contribution is 2.13. The van der Waals surface area contributed by atoms with Gasteiger partial charge in [-0.05, 0) is 24.6 Å². The molecule has 1 heterocycles. The summed E-state index contributed by atoms with van der Waals surface area (Å²) in [5, 5.41) is 0. The Balaban J connectivity index is 1.97. The van der Waals surface area contributed by atoms with E-state index < -0.39 is 0 Å². The third-order valence-corrected chi connectivity index (χ3v) is 2.05. The molecular formula is C10H15N5O. The van der Waals surface area contributed by atoms with E-state index in [0.717, 1.165) is 11.3 Å². The van der Waals surface area contributed by atoms with Crippen LogP contribution in [0.15, 0.2) is 29.3 Å². The maximum Gasteiger partial charge on any atom is 0.223 e. The second-order valence-corrected chi connectivity index (χ2v) is 3.25. The number of hydrazine groups is 3. The van der Waals surface area contributed by atoms with Gasteiger partial charge in [0, 0.05) is 0 Å². The molecule has 0 atom stereocenters. The number of ether oxygens (including phenoxy) is 1. The van der Waals surface area contributed by atoms with Gasteiger partial charge in [-0.3, -0.25) is 10.9 Å². The van der Waals surface area contributed by atoms with Gasteiger partial charge in [0.1, 0.15) is 5.75 Å². The normalized spacial score (nSPS) is 14.2. The molecule has 0 radical (unpaired) electrons. The molecule has 1 aromatic rings. The largest absolute Gasteiger partial charge is 0.494 e. The van der Waals surface area contributed by atoms with E-state index in [2.05, 4.69) is 26.9 Å². The van der Waals surface area contributed by atoms with Gasteiger partial charge in [-0.2, -0.15) is 11.1 Å². The van der Waals surface area contributed by atoms with Crippen molar-refractivity contribution in [3.8, 4) is 5.75 Å². The van der Waals surface area contributed by atoms with Gasteiger partial charge >= 0.3 is 0 Å². The SMILES string of the molecule is CCOc1cccc(CN=C2NNNN2)c1. The fourth-order valence-corrected chi connectivity index (χ4v) is 1.36. The molecule has 1 aliphatic heterocycles. The van der Waals surface area contributed by atoms with Crippen molar-refractivity contribution >= 4 is 5.96 Å². The zero-order valence-corrected chi connectivity index (χ0v) is 9.08. The van der Waals surface area contributed by atoms with Gasteiger partial charge in [0.25, 0.3) is 0 Å². The average molecular weight is 221 g/mol. The maximum absolute atomic E-state index is 5.41. The third kappa shape index (κ3) is 2.85. The van der Waals surface area contributed by atoms with E-state index in [1.54, 1.807) is 0 Å². The Hall–Kier alpha value is -1.79. The van der Waals surface area contributed by atoms with Crippen LogP contribution in [0.1, 0.15) is 12.5 Å². The summed E-state index contributed by atoms with van der Waals surface area (Å²) in [6, 6.07) is 7.91. The van der Waals surface area contributed by atoms with Crippen LogP contribution in [0, 0.1) is 0 Å². The lowest BCUT2D eigenvalue weighted by molar-refractivity contribution is 0.340. The minimum Gasteiger partial charge on any atom is -0.494 e. The van der Waals surface area contributed by atoms with Gasteiger partial charge in [-0.15, -0.1) is 0 Å². The summed E-state index contributed by atoms with van der Waals surface area (Å²) in [6.45, 7) is 3.24. The predicted octanol–water partition coefficient (Wildman–Crippen LogP) is 0.0583. The Labute approximate surface area is 94.0 Å². The summed E-state index contributed by atoms with van der Waals surface area (Å²) in [5.41, 5.74) is 12.1. The minimum atomic E-state index is 0.597. The van der Waals surface area contributed by atoms with Gasteiger partial charge in [0.2, 0.25) is 5.96 Å². The Morgan fingerprint density at radius 2 is 2.06 bits per heavy atom. The topological polar surface area (TPSA) is 69.7 Å². The minimum absolute atomic E-state index is 0.597. The standard InChI is InChI=1S/C10H15N5O/c1-2-16-9-5-3-4-8(6-9)7-11-10-12-14-15-13-10/h3-6,14-15H,2,7H2,1H3,(H2,11,12,13). The fourth-order valence-electron chi connectivity index (χ4n) is 1.36. The fraction of sp³-hybridized carbons (Fsp3) is 0.300. The van der Waals surface area contributed by atoms with E-state index >= 15 is 0 Å². The second kappa shape index (κ2) is 5.34. The van der Waals surface area contributed by atoms with Crippen LogP contribution < -0.4 is 26.7 Å². The van der Waals surface area contributed by atoms with Crippen LogP contribution >= 0.6 is 0 Å². The van der Waals surface area contributed by atoms with Crippen molar-refractivity contribution in [2.24, 2.45) is 4.99 Å². The van der Waals surface area contributed by atoms with Crippen LogP contribution in [0.4, 0.5) is 0 Å². The molecule has 2 rings (SSSR count). The first kappa shape index (κ1) is 10.7. The third-order valence-electron chi connectivity index (χ3n) is 2.05. The highest BCUT2D eigenvalue weighted by atomic mass is 16.5. The van der Waals surface area contributed by atoms with E-state index in [0.29, 0.717) is 19.1 Å².